The van der Waals surface area contributed by atoms with Gasteiger partial charge < -0.3 is 9.47 Å². The second-order valence-electron chi connectivity index (χ2n) is 4.55. The number of methoxy groups -OCH3 is 1. The Morgan fingerprint density at radius 1 is 1.14 bits per heavy atom. The minimum absolute atomic E-state index is 0.157. The van der Waals surface area contributed by atoms with Crippen LogP contribution in [0.2, 0.25) is 0 Å². The van der Waals surface area contributed by atoms with Crippen LogP contribution in [0.3, 0.4) is 0 Å². The molecule has 108 valence electrons. The van der Waals surface area contributed by atoms with Gasteiger partial charge in [-0.05, 0) is 23.9 Å². The van der Waals surface area contributed by atoms with Crippen LogP contribution in [0, 0.1) is 22.7 Å². The number of nitrogens with zero attached hydrogens (tertiary/aromatic N) is 2. The predicted octanol–water partition coefficient (Wildman–Crippen LogP) is 3.42. The Morgan fingerprint density at radius 2 is 1.86 bits per heavy atom. The van der Waals surface area contributed by atoms with Crippen LogP contribution in [0.1, 0.15) is 6.42 Å². The van der Waals surface area contributed by atoms with Crippen molar-refractivity contribution in [2.75, 3.05) is 7.11 Å². The molecule has 4 nitrogen and oxygen atoms in total. The number of allylic oxidation sites excluding steroid dienone is 2. The number of para-hydroxylation sites is 1. The Labute approximate surface area is 129 Å². The molecule has 1 unspecified atom stereocenters. The summed E-state index contributed by atoms with van der Waals surface area (Å²) in [5.41, 5.74) is 1.63. The minimum Gasteiger partial charge on any atom is -0.489 e. The molecule has 0 spiro atoms. The standard InChI is InChI=1S/C18H14N2O2/c1-21-17(12-15(13-19)14-20)18(10-6-3-7-11-18)22-16-8-4-2-5-9-16/h2-10H,11H2,1H3. The molecule has 1 aliphatic rings. The molecule has 0 fully saturated rings. The van der Waals surface area contributed by atoms with E-state index in [2.05, 4.69) is 5.73 Å². The van der Waals surface area contributed by atoms with Crippen LogP contribution < -0.4 is 4.74 Å². The van der Waals surface area contributed by atoms with E-state index in [9.17, 15) is 0 Å². The zero-order valence-electron chi connectivity index (χ0n) is 12.1. The molecule has 4 heteroatoms. The summed E-state index contributed by atoms with van der Waals surface area (Å²) in [5.74, 6) is 0.948. The summed E-state index contributed by atoms with van der Waals surface area (Å²) in [5, 5.41) is 17.9. The van der Waals surface area contributed by atoms with E-state index in [0.717, 1.165) is 0 Å². The molecule has 1 aliphatic carbocycles. The molecule has 0 aliphatic heterocycles. The van der Waals surface area contributed by atoms with Crippen molar-refractivity contribution in [1.82, 2.24) is 0 Å². The Balaban J connectivity index is 2.53. The van der Waals surface area contributed by atoms with Crippen molar-refractivity contribution in [1.29, 1.82) is 10.5 Å². The molecule has 2 rings (SSSR count). The highest BCUT2D eigenvalue weighted by atomic mass is 16.5. The molecule has 0 N–H and O–H groups in total. The fourth-order valence-electron chi connectivity index (χ4n) is 2.11. The van der Waals surface area contributed by atoms with Gasteiger partial charge in [0.2, 0.25) is 0 Å². The average molecular weight is 290 g/mol. The molecule has 1 aromatic rings. The molecule has 1 atom stereocenters. The molecule has 0 saturated carbocycles. The van der Waals surface area contributed by atoms with Crippen molar-refractivity contribution in [3.05, 3.63) is 71.7 Å². The smallest absolute Gasteiger partial charge is 0.195 e. The highest BCUT2D eigenvalue weighted by Crippen LogP contribution is 2.32. The van der Waals surface area contributed by atoms with Crippen LogP contribution in [0.15, 0.2) is 71.7 Å². The van der Waals surface area contributed by atoms with Gasteiger partial charge in [-0.25, -0.2) is 0 Å². The Morgan fingerprint density at radius 3 is 2.41 bits per heavy atom. The largest absolute Gasteiger partial charge is 0.489 e. The fraction of sp³-hybridized carbons (Fsp3) is 0.167. The van der Waals surface area contributed by atoms with Gasteiger partial charge in [-0.2, -0.15) is 10.5 Å². The van der Waals surface area contributed by atoms with E-state index in [1.807, 2.05) is 54.6 Å². The predicted molar refractivity (Wildman–Crippen MR) is 81.5 cm³/mol. The first kappa shape index (κ1) is 15.2. The summed E-state index contributed by atoms with van der Waals surface area (Å²) in [4.78, 5) is 0. The number of hydrogen-bond acceptors (Lipinski definition) is 4. The van der Waals surface area contributed by atoms with Gasteiger partial charge in [0.1, 0.15) is 17.9 Å². The number of benzene rings is 1. The number of rotatable bonds is 4. The normalized spacial score (nSPS) is 18.5. The van der Waals surface area contributed by atoms with Gasteiger partial charge >= 0.3 is 0 Å². The Hall–Kier alpha value is -3.20. The molecule has 22 heavy (non-hydrogen) atoms. The third-order valence-electron chi connectivity index (χ3n) is 3.13. The van der Waals surface area contributed by atoms with Crippen molar-refractivity contribution in [3.8, 4) is 17.9 Å². The monoisotopic (exact) mass is 290 g/mol. The van der Waals surface area contributed by atoms with Crippen molar-refractivity contribution in [3.63, 3.8) is 0 Å². The lowest BCUT2D eigenvalue weighted by Crippen LogP contribution is -2.37. The first-order chi connectivity index (χ1) is 10.7. The van der Waals surface area contributed by atoms with E-state index in [-0.39, 0.29) is 11.3 Å². The number of nitriles is 2. The third kappa shape index (κ3) is 3.27. The van der Waals surface area contributed by atoms with E-state index in [0.29, 0.717) is 12.2 Å². The molecule has 0 heterocycles. The Kier molecular flexibility index (Phi) is 4.83. The van der Waals surface area contributed by atoms with Gasteiger partial charge in [0, 0.05) is 6.42 Å². The summed E-state index contributed by atoms with van der Waals surface area (Å²) in [6, 6.07) is 12.9. The summed E-state index contributed by atoms with van der Waals surface area (Å²) in [7, 11) is 1.47. The van der Waals surface area contributed by atoms with Gasteiger partial charge in [-0.3, -0.25) is 0 Å². The zero-order chi connectivity index (χ0) is 15.8. The summed E-state index contributed by atoms with van der Waals surface area (Å²) < 4.78 is 11.5. The maximum Gasteiger partial charge on any atom is 0.195 e. The highest BCUT2D eigenvalue weighted by molar-refractivity contribution is 5.39. The quantitative estimate of drug-likeness (QED) is 0.484. The molecular weight excluding hydrogens is 276 g/mol. The molecule has 0 saturated heterocycles. The third-order valence-corrected chi connectivity index (χ3v) is 3.13. The van der Waals surface area contributed by atoms with Gasteiger partial charge in [-0.1, -0.05) is 36.4 Å². The second-order valence-corrected chi connectivity index (χ2v) is 4.55. The van der Waals surface area contributed by atoms with E-state index >= 15 is 0 Å². The van der Waals surface area contributed by atoms with Crippen LogP contribution in [0.4, 0.5) is 0 Å². The number of ether oxygens (including phenoxy) is 2. The van der Waals surface area contributed by atoms with E-state index < -0.39 is 5.60 Å². The van der Waals surface area contributed by atoms with Crippen LogP contribution >= 0.6 is 0 Å². The van der Waals surface area contributed by atoms with Gasteiger partial charge in [0.05, 0.1) is 7.11 Å². The summed E-state index contributed by atoms with van der Waals surface area (Å²) >= 11 is 0. The van der Waals surface area contributed by atoms with Crippen LogP contribution in [-0.2, 0) is 4.74 Å². The molecular formula is C18H14N2O2. The number of hydrogen-bond donors (Lipinski definition) is 0. The fourth-order valence-corrected chi connectivity index (χ4v) is 2.11. The van der Waals surface area contributed by atoms with Gasteiger partial charge in [-0.15, -0.1) is 0 Å². The molecule has 1 aromatic carbocycles. The second kappa shape index (κ2) is 6.99. The lowest BCUT2D eigenvalue weighted by Gasteiger charge is -2.32. The van der Waals surface area contributed by atoms with Gasteiger partial charge in [0.25, 0.3) is 0 Å². The molecule has 0 aromatic heterocycles. The summed E-state index contributed by atoms with van der Waals surface area (Å²) in [6.07, 6.45) is 8.02. The Bertz CT molecular complexity index is 726. The average Bonchev–Trinajstić information content (AvgIpc) is 2.57. The van der Waals surface area contributed by atoms with Crippen LogP contribution in [0.25, 0.3) is 0 Å². The van der Waals surface area contributed by atoms with E-state index in [4.69, 9.17) is 20.0 Å². The lowest BCUT2D eigenvalue weighted by molar-refractivity contribution is 0.0881. The molecule has 0 bridgehead atoms. The van der Waals surface area contributed by atoms with Crippen molar-refractivity contribution in [2.24, 2.45) is 0 Å². The van der Waals surface area contributed by atoms with Crippen molar-refractivity contribution < 1.29 is 9.47 Å². The van der Waals surface area contributed by atoms with Crippen LogP contribution in [-0.4, -0.2) is 12.7 Å². The zero-order valence-corrected chi connectivity index (χ0v) is 12.1. The van der Waals surface area contributed by atoms with E-state index in [1.54, 1.807) is 12.1 Å². The van der Waals surface area contributed by atoms with E-state index in [1.165, 1.54) is 7.11 Å². The molecule has 0 amide bonds. The first-order valence-corrected chi connectivity index (χ1v) is 6.68. The first-order valence-electron chi connectivity index (χ1n) is 6.68. The van der Waals surface area contributed by atoms with Crippen molar-refractivity contribution in [2.45, 2.75) is 12.0 Å². The lowest BCUT2D eigenvalue weighted by atomic mass is 9.92. The highest BCUT2D eigenvalue weighted by Gasteiger charge is 2.36. The topological polar surface area (TPSA) is 66.0 Å². The SMILES string of the molecule is COC(=C=C(C#N)C#N)C1(Oc2ccccc2)C=CC=CC1. The van der Waals surface area contributed by atoms with Crippen LogP contribution in [0.5, 0.6) is 5.75 Å². The summed E-state index contributed by atoms with van der Waals surface area (Å²) in [6.45, 7) is 0. The maximum atomic E-state index is 8.93. The van der Waals surface area contributed by atoms with Crippen molar-refractivity contribution >= 4 is 0 Å². The minimum atomic E-state index is -0.927. The van der Waals surface area contributed by atoms with Gasteiger partial charge in [0.15, 0.2) is 16.9 Å². The molecule has 0 radical (unpaired) electrons. The maximum absolute atomic E-state index is 8.93.